The normalized spacial score (nSPS) is 11.1. The number of hydrogen-bond acceptors (Lipinski definition) is 9. The smallest absolute Gasteiger partial charge is 0.302 e. The van der Waals surface area contributed by atoms with E-state index in [1.54, 1.807) is 29.2 Å². The number of nitrogens with zero attached hydrogens (tertiary/aromatic N) is 4. The largest absolute Gasteiger partial charge is 0.495 e. The Balaban J connectivity index is 1.93. The van der Waals surface area contributed by atoms with Gasteiger partial charge < -0.3 is 14.2 Å². The van der Waals surface area contributed by atoms with E-state index in [1.165, 1.54) is 33.6 Å². The van der Waals surface area contributed by atoms with Gasteiger partial charge in [0, 0.05) is 18.6 Å². The molecule has 1 amide bonds. The molecule has 0 aliphatic heterocycles. The van der Waals surface area contributed by atoms with E-state index in [4.69, 9.17) is 14.2 Å². The molecule has 0 spiro atoms. The van der Waals surface area contributed by atoms with Gasteiger partial charge in [0.1, 0.15) is 11.5 Å². The van der Waals surface area contributed by atoms with Crippen molar-refractivity contribution in [3.05, 3.63) is 53.7 Å². The molecule has 0 bridgehead atoms. The van der Waals surface area contributed by atoms with Gasteiger partial charge in [0.25, 0.3) is 10.0 Å². The summed E-state index contributed by atoms with van der Waals surface area (Å²) in [6.45, 7) is 2.17. The van der Waals surface area contributed by atoms with Crippen molar-refractivity contribution in [2.75, 3.05) is 21.3 Å². The van der Waals surface area contributed by atoms with Crippen LogP contribution in [0.5, 0.6) is 17.4 Å². The van der Waals surface area contributed by atoms with E-state index in [-0.39, 0.29) is 28.1 Å². The fraction of sp³-hybridized carbons (Fsp3) is 0.300. The minimum Gasteiger partial charge on any atom is -0.495 e. The number of rotatable bonds is 9. The molecule has 0 saturated heterocycles. The summed E-state index contributed by atoms with van der Waals surface area (Å²) < 4.78 is 45.5. The monoisotopic (exact) mass is 461 g/mol. The average Bonchev–Trinajstić information content (AvgIpc) is 3.30. The summed E-state index contributed by atoms with van der Waals surface area (Å²) in [5.41, 5.74) is 1.21. The highest BCUT2D eigenvalue weighted by Crippen LogP contribution is 2.36. The van der Waals surface area contributed by atoms with Gasteiger partial charge in [0.2, 0.25) is 11.7 Å². The molecular formula is C20H23N5O6S. The lowest BCUT2D eigenvalue weighted by atomic mass is 10.1. The van der Waals surface area contributed by atoms with Crippen LogP contribution in [-0.2, 0) is 23.0 Å². The molecule has 0 radical (unpaired) electrons. The van der Waals surface area contributed by atoms with Crippen molar-refractivity contribution in [3.8, 4) is 17.4 Å². The number of carbonyl (C=O) groups is 1. The summed E-state index contributed by atoms with van der Waals surface area (Å²) in [6.07, 6.45) is 5.27. The highest BCUT2D eigenvalue weighted by Gasteiger charge is 2.30. The van der Waals surface area contributed by atoms with Gasteiger partial charge in [-0.25, -0.2) is 18.1 Å². The first kappa shape index (κ1) is 23.0. The van der Waals surface area contributed by atoms with Crippen LogP contribution >= 0.6 is 0 Å². The highest BCUT2D eigenvalue weighted by molar-refractivity contribution is 7.90. The van der Waals surface area contributed by atoms with Gasteiger partial charge in [0.15, 0.2) is 4.90 Å². The third kappa shape index (κ3) is 4.64. The first-order valence-corrected chi connectivity index (χ1v) is 11.0. The molecule has 0 unspecified atom stereocenters. The second-order valence-corrected chi connectivity index (χ2v) is 8.13. The lowest BCUT2D eigenvalue weighted by molar-refractivity contribution is 0.0970. The first-order valence-electron chi connectivity index (χ1n) is 9.52. The number of ether oxygens (including phenoxy) is 3. The lowest BCUT2D eigenvalue weighted by Crippen LogP contribution is -2.32. The Kier molecular flexibility index (Phi) is 6.93. The van der Waals surface area contributed by atoms with Gasteiger partial charge in [-0.05, 0) is 24.1 Å². The van der Waals surface area contributed by atoms with Gasteiger partial charge in [-0.1, -0.05) is 13.0 Å². The Hall–Kier alpha value is -3.67. The number of aryl methyl sites for hydroxylation is 1. The number of aromatic nitrogens is 4. The summed E-state index contributed by atoms with van der Waals surface area (Å²) >= 11 is 0. The van der Waals surface area contributed by atoms with E-state index < -0.39 is 15.9 Å². The van der Waals surface area contributed by atoms with E-state index in [1.807, 2.05) is 11.6 Å². The zero-order valence-corrected chi connectivity index (χ0v) is 18.8. The van der Waals surface area contributed by atoms with Crippen LogP contribution < -0.4 is 18.9 Å². The van der Waals surface area contributed by atoms with E-state index in [0.29, 0.717) is 24.1 Å². The average molecular weight is 462 g/mol. The number of hydrogen-bond donors (Lipinski definition) is 1. The van der Waals surface area contributed by atoms with Crippen LogP contribution in [-0.4, -0.2) is 55.4 Å². The van der Waals surface area contributed by atoms with Crippen LogP contribution in [0.4, 0.5) is 0 Å². The molecule has 2 aromatic heterocycles. The summed E-state index contributed by atoms with van der Waals surface area (Å²) in [5.74, 6) is -1.15. The second-order valence-electron chi connectivity index (χ2n) is 6.51. The predicted octanol–water partition coefficient (Wildman–Crippen LogP) is 1.43. The van der Waals surface area contributed by atoms with E-state index in [9.17, 15) is 13.2 Å². The zero-order valence-electron chi connectivity index (χ0n) is 18.0. The van der Waals surface area contributed by atoms with Crippen LogP contribution in [0, 0.1) is 0 Å². The van der Waals surface area contributed by atoms with E-state index in [2.05, 4.69) is 15.1 Å². The third-order valence-corrected chi connectivity index (χ3v) is 5.95. The van der Waals surface area contributed by atoms with Crippen molar-refractivity contribution in [2.45, 2.75) is 24.8 Å². The Labute approximate surface area is 185 Å². The van der Waals surface area contributed by atoms with Crippen molar-refractivity contribution in [3.63, 3.8) is 0 Å². The lowest BCUT2D eigenvalue weighted by Gasteiger charge is -2.17. The molecule has 0 aliphatic carbocycles. The zero-order chi connectivity index (χ0) is 23.3. The SMILES string of the molecule is CCc1ccc(OC)c(S(=O)(=O)NC(=O)c2ncc(Cn3cccn3)c(OC)n2)c1OC. The minimum absolute atomic E-state index is 0.0346. The number of benzene rings is 1. The summed E-state index contributed by atoms with van der Waals surface area (Å²) in [4.78, 5) is 20.5. The van der Waals surface area contributed by atoms with Crippen LogP contribution in [0.2, 0.25) is 0 Å². The van der Waals surface area contributed by atoms with Crippen LogP contribution in [0.3, 0.4) is 0 Å². The van der Waals surface area contributed by atoms with Crippen LogP contribution in [0.25, 0.3) is 0 Å². The standard InChI is InChI=1S/C20H23N5O6S/c1-5-13-7-8-15(29-2)17(16(13)30-3)32(27,28)24-19(26)18-21-11-14(20(23-18)31-4)12-25-10-6-9-22-25/h6-11H,5,12H2,1-4H3,(H,24,26). The van der Waals surface area contributed by atoms with Crippen molar-refractivity contribution < 1.29 is 27.4 Å². The third-order valence-electron chi connectivity index (χ3n) is 4.57. The maximum Gasteiger partial charge on any atom is 0.302 e. The Morgan fingerprint density at radius 1 is 1.12 bits per heavy atom. The fourth-order valence-electron chi connectivity index (χ4n) is 3.08. The molecule has 12 heteroatoms. The van der Waals surface area contributed by atoms with Gasteiger partial charge in [-0.15, -0.1) is 0 Å². The molecule has 0 fully saturated rings. The summed E-state index contributed by atoms with van der Waals surface area (Å²) in [5, 5.41) is 4.10. The summed E-state index contributed by atoms with van der Waals surface area (Å²) in [7, 11) is -0.318. The number of amides is 1. The molecule has 0 saturated carbocycles. The predicted molar refractivity (Wildman–Crippen MR) is 113 cm³/mol. The van der Waals surface area contributed by atoms with Gasteiger partial charge in [-0.2, -0.15) is 10.1 Å². The highest BCUT2D eigenvalue weighted by atomic mass is 32.2. The van der Waals surface area contributed by atoms with E-state index in [0.717, 1.165) is 0 Å². The van der Waals surface area contributed by atoms with Crippen molar-refractivity contribution >= 4 is 15.9 Å². The molecule has 11 nitrogen and oxygen atoms in total. The van der Waals surface area contributed by atoms with E-state index >= 15 is 0 Å². The number of carbonyl (C=O) groups excluding carboxylic acids is 1. The van der Waals surface area contributed by atoms with Crippen molar-refractivity contribution in [2.24, 2.45) is 0 Å². The Bertz CT molecular complexity index is 1210. The van der Waals surface area contributed by atoms with Crippen molar-refractivity contribution in [1.82, 2.24) is 24.5 Å². The molecule has 3 rings (SSSR count). The maximum atomic E-state index is 13.1. The molecule has 1 aromatic carbocycles. The summed E-state index contributed by atoms with van der Waals surface area (Å²) in [6, 6.07) is 4.96. The molecule has 0 atom stereocenters. The number of methoxy groups -OCH3 is 3. The van der Waals surface area contributed by atoms with Crippen LogP contribution in [0.15, 0.2) is 41.7 Å². The van der Waals surface area contributed by atoms with Crippen LogP contribution in [0.1, 0.15) is 28.7 Å². The molecular weight excluding hydrogens is 438 g/mol. The van der Waals surface area contributed by atoms with Gasteiger partial charge in [-0.3, -0.25) is 9.48 Å². The number of sulfonamides is 1. The molecule has 1 N–H and O–H groups in total. The molecule has 32 heavy (non-hydrogen) atoms. The molecule has 0 aliphatic rings. The Morgan fingerprint density at radius 3 is 2.50 bits per heavy atom. The second kappa shape index (κ2) is 9.64. The number of nitrogens with one attached hydrogen (secondary N) is 1. The maximum absolute atomic E-state index is 13.1. The van der Waals surface area contributed by atoms with Crippen molar-refractivity contribution in [1.29, 1.82) is 0 Å². The quantitative estimate of drug-likeness (QED) is 0.502. The minimum atomic E-state index is -4.38. The topological polar surface area (TPSA) is 135 Å². The van der Waals surface area contributed by atoms with Gasteiger partial charge >= 0.3 is 5.91 Å². The van der Waals surface area contributed by atoms with Gasteiger partial charge in [0.05, 0.1) is 33.4 Å². The first-order chi connectivity index (χ1) is 15.3. The molecule has 3 aromatic rings. The molecule has 170 valence electrons. The molecule has 2 heterocycles. The Morgan fingerprint density at radius 2 is 1.91 bits per heavy atom. The fourth-order valence-corrected chi connectivity index (χ4v) is 4.39.